The maximum Gasteiger partial charge on any atom is 0.273 e. The second kappa shape index (κ2) is 14.7. The summed E-state index contributed by atoms with van der Waals surface area (Å²) in [6.07, 6.45) is 5.61. The van der Waals surface area contributed by atoms with Gasteiger partial charge < -0.3 is 26.2 Å². The Morgan fingerprint density at radius 3 is 2.36 bits per heavy atom. The maximum absolute atomic E-state index is 14.5. The van der Waals surface area contributed by atoms with Crippen LogP contribution in [0.2, 0.25) is 0 Å². The van der Waals surface area contributed by atoms with Gasteiger partial charge in [-0.3, -0.25) is 19.3 Å². The van der Waals surface area contributed by atoms with Crippen molar-refractivity contribution in [3.8, 4) is 11.5 Å². The zero-order valence-corrected chi connectivity index (χ0v) is 25.9. The van der Waals surface area contributed by atoms with Crippen molar-refractivity contribution < 1.29 is 24.2 Å². The van der Waals surface area contributed by atoms with Crippen molar-refractivity contribution in [2.75, 3.05) is 24.3 Å². The lowest BCUT2D eigenvalue weighted by Crippen LogP contribution is -2.44. The Labute approximate surface area is 266 Å². The van der Waals surface area contributed by atoms with Crippen LogP contribution in [-0.4, -0.2) is 46.9 Å². The standard InChI is InChI=1S/C34H37N5O5S/c1-44-27-18-14-25(15-19-27)39(34(43)31-28(35)29(38-45-31)32(41)37-24-10-6-3-7-11-24)30(23-12-16-26(40)17-13-23)33(42)36-21-20-22-8-4-2-5-9-22/h2,4-5,8-9,12-19,24,30,40H,3,6-7,10-11,20-21,35H2,1H3,(H,36,42)(H,37,41)/t30-/m0/s1. The van der Waals surface area contributed by atoms with E-state index >= 15 is 0 Å². The summed E-state index contributed by atoms with van der Waals surface area (Å²) in [5.41, 5.74) is 8.32. The second-order valence-corrected chi connectivity index (χ2v) is 11.7. The number of anilines is 2. The molecule has 3 amide bonds. The molecule has 1 heterocycles. The monoisotopic (exact) mass is 627 g/mol. The zero-order chi connectivity index (χ0) is 31.8. The number of phenolic OH excluding ortho intramolecular Hbond substituents is 1. The molecule has 0 bridgehead atoms. The third-order valence-electron chi connectivity index (χ3n) is 7.92. The van der Waals surface area contributed by atoms with Gasteiger partial charge in [0.1, 0.15) is 22.4 Å². The van der Waals surface area contributed by atoms with Gasteiger partial charge in [0.2, 0.25) is 5.91 Å². The first kappa shape index (κ1) is 31.5. The minimum atomic E-state index is -1.15. The van der Waals surface area contributed by atoms with Gasteiger partial charge in [0, 0.05) is 18.3 Å². The number of phenols is 1. The molecule has 11 heteroatoms. The Bertz CT molecular complexity index is 1600. The number of rotatable bonds is 11. The number of ether oxygens (including phenoxy) is 1. The van der Waals surface area contributed by atoms with Gasteiger partial charge >= 0.3 is 0 Å². The van der Waals surface area contributed by atoms with Gasteiger partial charge in [-0.05, 0) is 78.3 Å². The second-order valence-electron chi connectivity index (χ2n) is 11.0. The molecule has 1 saturated carbocycles. The minimum Gasteiger partial charge on any atom is -0.508 e. The number of hydrogen-bond donors (Lipinski definition) is 4. The molecule has 0 radical (unpaired) electrons. The predicted molar refractivity (Wildman–Crippen MR) is 175 cm³/mol. The van der Waals surface area contributed by atoms with Crippen molar-refractivity contribution in [3.05, 3.63) is 101 Å². The van der Waals surface area contributed by atoms with Crippen LogP contribution in [-0.2, 0) is 11.2 Å². The average molecular weight is 628 g/mol. The van der Waals surface area contributed by atoms with Crippen molar-refractivity contribution in [2.45, 2.75) is 50.6 Å². The summed E-state index contributed by atoms with van der Waals surface area (Å²) in [5.74, 6) is -0.856. The number of benzene rings is 3. The average Bonchev–Trinajstić information content (AvgIpc) is 3.46. The van der Waals surface area contributed by atoms with Crippen LogP contribution in [0.4, 0.5) is 11.4 Å². The summed E-state index contributed by atoms with van der Waals surface area (Å²) in [7, 11) is 1.54. The molecule has 45 heavy (non-hydrogen) atoms. The Kier molecular flexibility index (Phi) is 10.3. The van der Waals surface area contributed by atoms with Gasteiger partial charge in [-0.1, -0.05) is 61.7 Å². The van der Waals surface area contributed by atoms with E-state index in [-0.39, 0.29) is 28.0 Å². The number of aromatic hydroxyl groups is 1. The fourth-order valence-corrected chi connectivity index (χ4v) is 6.23. The van der Waals surface area contributed by atoms with Crippen LogP contribution in [0, 0.1) is 0 Å². The molecule has 0 unspecified atom stereocenters. The molecule has 0 saturated heterocycles. The molecular weight excluding hydrogens is 590 g/mol. The largest absolute Gasteiger partial charge is 0.508 e. The van der Waals surface area contributed by atoms with Gasteiger partial charge in [0.15, 0.2) is 5.69 Å². The number of carbonyl (C=O) groups is 3. The van der Waals surface area contributed by atoms with Gasteiger partial charge in [0.25, 0.3) is 11.8 Å². The van der Waals surface area contributed by atoms with E-state index in [2.05, 4.69) is 15.0 Å². The van der Waals surface area contributed by atoms with E-state index in [4.69, 9.17) is 10.5 Å². The highest BCUT2D eigenvalue weighted by molar-refractivity contribution is 7.09. The van der Waals surface area contributed by atoms with Crippen LogP contribution in [0.3, 0.4) is 0 Å². The first-order chi connectivity index (χ1) is 21.9. The zero-order valence-electron chi connectivity index (χ0n) is 25.1. The molecule has 0 spiro atoms. The Hall–Kier alpha value is -4.90. The van der Waals surface area contributed by atoms with E-state index in [1.165, 1.54) is 24.1 Å². The van der Waals surface area contributed by atoms with Crippen molar-refractivity contribution in [2.24, 2.45) is 0 Å². The molecule has 5 rings (SSSR count). The highest BCUT2D eigenvalue weighted by Gasteiger charge is 2.36. The van der Waals surface area contributed by atoms with E-state index < -0.39 is 23.8 Å². The number of amides is 3. The van der Waals surface area contributed by atoms with Crippen LogP contribution in [0.1, 0.15) is 69.4 Å². The van der Waals surface area contributed by atoms with E-state index in [1.54, 1.807) is 36.4 Å². The maximum atomic E-state index is 14.5. The number of carbonyl (C=O) groups excluding carboxylic acids is 3. The molecular formula is C34H37N5O5S. The van der Waals surface area contributed by atoms with Crippen LogP contribution in [0.25, 0.3) is 0 Å². The molecule has 1 aliphatic carbocycles. The first-order valence-corrected chi connectivity index (χ1v) is 15.8. The van der Waals surface area contributed by atoms with Crippen LogP contribution < -0.4 is 26.0 Å². The molecule has 1 aromatic heterocycles. The van der Waals surface area contributed by atoms with E-state index in [9.17, 15) is 19.5 Å². The minimum absolute atomic E-state index is 0.00268. The summed E-state index contributed by atoms with van der Waals surface area (Å²) in [6.45, 7) is 0.330. The van der Waals surface area contributed by atoms with Gasteiger partial charge in [-0.25, -0.2) is 0 Å². The number of hydrogen-bond acceptors (Lipinski definition) is 8. The summed E-state index contributed by atoms with van der Waals surface area (Å²) >= 11 is 0.824. The van der Waals surface area contributed by atoms with Crippen molar-refractivity contribution in [1.82, 2.24) is 15.0 Å². The summed E-state index contributed by atoms with van der Waals surface area (Å²) in [6, 6.07) is 21.5. The Morgan fingerprint density at radius 1 is 1.00 bits per heavy atom. The van der Waals surface area contributed by atoms with Crippen LogP contribution in [0.15, 0.2) is 78.9 Å². The number of nitrogen functional groups attached to an aromatic ring is 1. The SMILES string of the molecule is COc1ccc(N(C(=O)c2snc(C(=O)NC3CCCCC3)c2N)[C@H](C(=O)NCCc2ccccc2)c2ccc(O)cc2)cc1. The van der Waals surface area contributed by atoms with E-state index in [1.807, 2.05) is 30.3 Å². The van der Waals surface area contributed by atoms with Crippen molar-refractivity contribution in [1.29, 1.82) is 0 Å². The molecule has 1 atom stereocenters. The van der Waals surface area contributed by atoms with Crippen LogP contribution in [0.5, 0.6) is 11.5 Å². The molecule has 3 aromatic carbocycles. The highest BCUT2D eigenvalue weighted by atomic mass is 32.1. The highest BCUT2D eigenvalue weighted by Crippen LogP contribution is 2.34. The lowest BCUT2D eigenvalue weighted by Gasteiger charge is -2.31. The lowest BCUT2D eigenvalue weighted by atomic mass is 9.95. The smallest absolute Gasteiger partial charge is 0.273 e. The topological polar surface area (TPSA) is 147 Å². The summed E-state index contributed by atoms with van der Waals surface area (Å²) in [4.78, 5) is 43.0. The third-order valence-corrected chi connectivity index (χ3v) is 8.77. The van der Waals surface area contributed by atoms with Crippen molar-refractivity contribution >= 4 is 40.6 Å². The number of aromatic nitrogens is 1. The Balaban J connectivity index is 1.49. The fourth-order valence-electron chi connectivity index (χ4n) is 5.50. The van der Waals surface area contributed by atoms with Crippen molar-refractivity contribution in [3.63, 3.8) is 0 Å². The van der Waals surface area contributed by atoms with E-state index in [0.717, 1.165) is 49.2 Å². The Morgan fingerprint density at radius 2 is 1.69 bits per heavy atom. The van der Waals surface area contributed by atoms with Gasteiger partial charge in [-0.2, -0.15) is 4.37 Å². The number of methoxy groups -OCH3 is 1. The summed E-state index contributed by atoms with van der Waals surface area (Å²) in [5, 5.41) is 16.0. The fraction of sp³-hybridized carbons (Fsp3) is 0.294. The molecule has 1 fully saturated rings. The van der Waals surface area contributed by atoms with E-state index in [0.29, 0.717) is 30.0 Å². The quantitative estimate of drug-likeness (QED) is 0.178. The normalized spacial score (nSPS) is 13.9. The number of nitrogens with two attached hydrogens (primary N) is 1. The predicted octanol–water partition coefficient (Wildman–Crippen LogP) is 5.25. The van der Waals surface area contributed by atoms with Gasteiger partial charge in [-0.15, -0.1) is 0 Å². The number of nitrogens with zero attached hydrogens (tertiary/aromatic N) is 2. The van der Waals surface area contributed by atoms with Gasteiger partial charge in [0.05, 0.1) is 12.8 Å². The lowest BCUT2D eigenvalue weighted by molar-refractivity contribution is -0.122. The molecule has 0 aliphatic heterocycles. The molecule has 234 valence electrons. The third kappa shape index (κ3) is 7.61. The molecule has 4 aromatic rings. The number of nitrogens with one attached hydrogen (secondary N) is 2. The molecule has 10 nitrogen and oxygen atoms in total. The van der Waals surface area contributed by atoms with Crippen LogP contribution >= 0.6 is 11.5 Å². The summed E-state index contributed by atoms with van der Waals surface area (Å²) < 4.78 is 9.60. The molecule has 1 aliphatic rings. The molecule has 5 N–H and O–H groups in total. The first-order valence-electron chi connectivity index (χ1n) is 15.0.